The van der Waals surface area contributed by atoms with E-state index in [9.17, 15) is 0 Å². The Balaban J connectivity index is 2.35. The van der Waals surface area contributed by atoms with Gasteiger partial charge in [0.15, 0.2) is 0 Å². The van der Waals surface area contributed by atoms with Gasteiger partial charge in [-0.3, -0.25) is 0 Å². The van der Waals surface area contributed by atoms with Gasteiger partial charge in [0.2, 0.25) is 0 Å². The monoisotopic (exact) mass is 756 g/mol. The zero-order chi connectivity index (χ0) is 38.8. The Hall–Kier alpha value is -0.790. The Labute approximate surface area is 342 Å². The van der Waals surface area contributed by atoms with E-state index in [1.165, 1.54) is 276 Å². The first kappa shape index (κ1) is 51.2. The highest BCUT2D eigenvalue weighted by Crippen LogP contribution is 2.28. The molecular weight excluding hydrogens is 653 g/mol. The van der Waals surface area contributed by atoms with E-state index in [0.29, 0.717) is 12.0 Å². The van der Waals surface area contributed by atoms with Gasteiger partial charge in [0.1, 0.15) is 12.4 Å². The molecule has 1 aromatic heterocycles. The van der Waals surface area contributed by atoms with Crippen LogP contribution in [0.1, 0.15) is 322 Å². The van der Waals surface area contributed by atoms with Gasteiger partial charge in [-0.1, -0.05) is 271 Å². The number of rotatable bonds is 45. The van der Waals surface area contributed by atoms with Crippen molar-refractivity contribution < 1.29 is 4.57 Å². The van der Waals surface area contributed by atoms with E-state index < -0.39 is 0 Å². The molecule has 320 valence electrons. The van der Waals surface area contributed by atoms with Crippen molar-refractivity contribution in [3.63, 3.8) is 0 Å². The Kier molecular flexibility index (Phi) is 39.7. The number of nitrogens with one attached hydrogen (secondary N) is 1. The third kappa shape index (κ3) is 32.3. The summed E-state index contributed by atoms with van der Waals surface area (Å²) in [7, 11) is 0. The Morgan fingerprint density at radius 1 is 0.352 bits per heavy atom. The van der Waals surface area contributed by atoms with E-state index in [1.54, 1.807) is 5.82 Å². The molecule has 0 radical (unpaired) electrons. The lowest BCUT2D eigenvalue weighted by molar-refractivity contribution is -0.727. The number of H-pyrrole nitrogens is 1. The lowest BCUT2D eigenvalue weighted by atomic mass is 9.92. The molecular formula is C52H103N2+. The van der Waals surface area contributed by atoms with Gasteiger partial charge < -0.3 is 0 Å². The van der Waals surface area contributed by atoms with Crippen molar-refractivity contribution in [3.8, 4) is 0 Å². The van der Waals surface area contributed by atoms with E-state index in [-0.39, 0.29) is 0 Å². The predicted molar refractivity (Wildman–Crippen MR) is 244 cm³/mol. The molecule has 2 atom stereocenters. The molecule has 0 aliphatic heterocycles. The minimum absolute atomic E-state index is 0.615. The molecule has 0 aliphatic carbocycles. The van der Waals surface area contributed by atoms with Crippen molar-refractivity contribution >= 4 is 0 Å². The summed E-state index contributed by atoms with van der Waals surface area (Å²) in [5.41, 5.74) is 0. The van der Waals surface area contributed by atoms with Gasteiger partial charge in [-0.25, -0.2) is 9.55 Å². The maximum atomic E-state index is 3.79. The first-order chi connectivity index (χ1) is 26.7. The summed E-state index contributed by atoms with van der Waals surface area (Å²) >= 11 is 0. The lowest BCUT2D eigenvalue weighted by Gasteiger charge is -2.17. The van der Waals surface area contributed by atoms with Crippen LogP contribution in [0.15, 0.2) is 12.4 Å². The summed E-state index contributed by atoms with van der Waals surface area (Å²) in [4.78, 5) is 3.79. The molecule has 0 fully saturated rings. The number of aromatic amines is 1. The van der Waals surface area contributed by atoms with Crippen LogP contribution < -0.4 is 4.57 Å². The fourth-order valence-electron chi connectivity index (χ4n) is 9.08. The van der Waals surface area contributed by atoms with Gasteiger partial charge in [-0.15, -0.1) is 0 Å². The minimum Gasteiger partial charge on any atom is -0.247 e. The van der Waals surface area contributed by atoms with Crippen LogP contribution in [-0.2, 0) is 0 Å². The van der Waals surface area contributed by atoms with Crippen LogP contribution in [0.4, 0.5) is 0 Å². The number of imidazole rings is 1. The first-order valence-electron chi connectivity index (χ1n) is 25.8. The summed E-state index contributed by atoms with van der Waals surface area (Å²) in [5, 5.41) is 0. The lowest BCUT2D eigenvalue weighted by Crippen LogP contribution is -2.41. The molecule has 0 aliphatic rings. The second kappa shape index (κ2) is 41.8. The normalized spacial score (nSPS) is 12.9. The average Bonchev–Trinajstić information content (AvgIpc) is 3.68. The van der Waals surface area contributed by atoms with E-state index in [2.05, 4.69) is 49.6 Å². The highest BCUT2D eigenvalue weighted by molar-refractivity contribution is 4.90. The second-order valence-corrected chi connectivity index (χ2v) is 18.2. The predicted octanol–water partition coefficient (Wildman–Crippen LogP) is 18.8. The topological polar surface area (TPSA) is 19.7 Å². The van der Waals surface area contributed by atoms with E-state index in [4.69, 9.17) is 0 Å². The summed E-state index contributed by atoms with van der Waals surface area (Å²) < 4.78 is 2.66. The summed E-state index contributed by atoms with van der Waals surface area (Å²) in [6.45, 7) is 9.45. The van der Waals surface area contributed by atoms with Crippen LogP contribution in [0.5, 0.6) is 0 Å². The number of hydrogen-bond donors (Lipinski definition) is 1. The Morgan fingerprint density at radius 2 is 0.593 bits per heavy atom. The van der Waals surface area contributed by atoms with Crippen molar-refractivity contribution in [2.24, 2.45) is 0 Å². The largest absolute Gasteiger partial charge is 0.257 e. The zero-order valence-corrected chi connectivity index (χ0v) is 38.2. The van der Waals surface area contributed by atoms with Crippen LogP contribution in [0, 0.1) is 0 Å². The molecule has 1 heterocycles. The standard InChI is InChI=1S/C52H102N2/c1-5-8-11-14-17-20-23-26-27-29-30-33-36-39-42-45-50(4)54-49-48-53-52(54)51(46-43-40-37-34-31-25-22-19-16-13-10-7-3)47-44-41-38-35-32-28-24-21-18-15-12-9-6-2/h48-51H,5-47H2,1-4H3/p+1. The number of nitrogens with zero attached hydrogens (tertiary/aromatic N) is 1. The minimum atomic E-state index is 0.615. The van der Waals surface area contributed by atoms with Crippen LogP contribution >= 0.6 is 0 Å². The van der Waals surface area contributed by atoms with Gasteiger partial charge >= 0.3 is 0 Å². The van der Waals surface area contributed by atoms with E-state index >= 15 is 0 Å². The van der Waals surface area contributed by atoms with Gasteiger partial charge in [0, 0.05) is 0 Å². The molecule has 0 saturated heterocycles. The zero-order valence-electron chi connectivity index (χ0n) is 38.2. The quantitative estimate of drug-likeness (QED) is 0.0505. The SMILES string of the molecule is CCCCCCCCCCCCCCCCCC(C)[n+]1cc[nH]c1C(CCCCCCCCCCCCCC)CCCCCCCCCCCCCCC. The second-order valence-electron chi connectivity index (χ2n) is 18.2. The molecule has 0 amide bonds. The molecule has 2 nitrogen and oxygen atoms in total. The third-order valence-corrected chi connectivity index (χ3v) is 12.9. The van der Waals surface area contributed by atoms with Gasteiger partial charge in [0.25, 0.3) is 5.82 Å². The van der Waals surface area contributed by atoms with E-state index in [0.717, 1.165) is 0 Å². The molecule has 2 heteroatoms. The maximum Gasteiger partial charge on any atom is 0.257 e. The molecule has 1 N–H and O–H groups in total. The fraction of sp³-hybridized carbons (Fsp3) is 0.942. The fourth-order valence-corrected chi connectivity index (χ4v) is 9.08. The van der Waals surface area contributed by atoms with Crippen molar-refractivity contribution in [1.29, 1.82) is 0 Å². The Morgan fingerprint density at radius 3 is 0.870 bits per heavy atom. The number of unbranched alkanes of at least 4 members (excludes halogenated alkanes) is 37. The van der Waals surface area contributed by atoms with Crippen molar-refractivity contribution in [2.45, 2.75) is 316 Å². The Bertz CT molecular complexity index is 828. The molecule has 2 unspecified atom stereocenters. The summed E-state index contributed by atoms with van der Waals surface area (Å²) in [5.74, 6) is 2.25. The number of aromatic nitrogens is 2. The molecule has 1 rings (SSSR count). The number of hydrogen-bond acceptors (Lipinski definition) is 0. The molecule has 0 bridgehead atoms. The molecule has 1 aromatic rings. The van der Waals surface area contributed by atoms with Crippen LogP contribution in [0.2, 0.25) is 0 Å². The molecule has 54 heavy (non-hydrogen) atoms. The highest BCUT2D eigenvalue weighted by atomic mass is 15.1. The van der Waals surface area contributed by atoms with Crippen LogP contribution in [-0.4, -0.2) is 4.98 Å². The van der Waals surface area contributed by atoms with Crippen molar-refractivity contribution in [2.75, 3.05) is 0 Å². The first-order valence-corrected chi connectivity index (χ1v) is 25.8. The third-order valence-electron chi connectivity index (χ3n) is 12.9. The van der Waals surface area contributed by atoms with Crippen LogP contribution in [0.25, 0.3) is 0 Å². The van der Waals surface area contributed by atoms with Gasteiger partial charge in [-0.05, 0) is 32.6 Å². The maximum absolute atomic E-state index is 3.79. The molecule has 0 aromatic carbocycles. The smallest absolute Gasteiger partial charge is 0.247 e. The summed E-state index contributed by atoms with van der Waals surface area (Å²) in [6, 6.07) is 0.615. The highest BCUT2D eigenvalue weighted by Gasteiger charge is 2.25. The van der Waals surface area contributed by atoms with E-state index in [1.807, 2.05) is 0 Å². The van der Waals surface area contributed by atoms with Gasteiger partial charge in [-0.2, -0.15) is 0 Å². The average molecular weight is 756 g/mol. The summed E-state index contributed by atoms with van der Waals surface area (Å²) in [6.07, 6.45) is 66.6. The van der Waals surface area contributed by atoms with Crippen molar-refractivity contribution in [1.82, 2.24) is 4.98 Å². The molecule has 0 saturated carbocycles. The van der Waals surface area contributed by atoms with Gasteiger partial charge in [0.05, 0.1) is 12.0 Å². The van der Waals surface area contributed by atoms with Crippen LogP contribution in [0.3, 0.4) is 0 Å². The molecule has 0 spiro atoms. The van der Waals surface area contributed by atoms with Crippen molar-refractivity contribution in [3.05, 3.63) is 18.2 Å².